The van der Waals surface area contributed by atoms with E-state index in [-0.39, 0.29) is 11.6 Å². The van der Waals surface area contributed by atoms with Crippen LogP contribution < -0.4 is 0 Å². The zero-order chi connectivity index (χ0) is 52.6. The van der Waals surface area contributed by atoms with Crippen LogP contribution >= 0.6 is 0 Å². The van der Waals surface area contributed by atoms with Crippen molar-refractivity contribution in [2.24, 2.45) is 35.5 Å². The number of halogens is 2. The summed E-state index contributed by atoms with van der Waals surface area (Å²) in [5.74, 6) is 8.41. The van der Waals surface area contributed by atoms with Gasteiger partial charge < -0.3 is 0 Å². The molecule has 414 valence electrons. The Morgan fingerprint density at radius 1 is 0.368 bits per heavy atom. The lowest BCUT2D eigenvalue weighted by Crippen LogP contribution is -2.25. The van der Waals surface area contributed by atoms with Gasteiger partial charge in [0.2, 0.25) is 0 Å². The molecule has 1 atom stereocenters. The lowest BCUT2D eigenvalue weighted by Gasteiger charge is -2.38. The van der Waals surface area contributed by atoms with Crippen LogP contribution in [0.3, 0.4) is 0 Å². The van der Waals surface area contributed by atoms with E-state index in [1.165, 1.54) is 214 Å². The summed E-state index contributed by atoms with van der Waals surface area (Å²) in [6.07, 6.45) is 45.2. The summed E-state index contributed by atoms with van der Waals surface area (Å²) in [7, 11) is 0. The standard InChI is InChI=1S/C37H53F.C37H51F/c2*1-3-5-6-7-28-10-14-33(15-11-28)35-24-25-36(37(38)26-35)34-22-20-32(21-23-34)31-18-16-30(17-19-31)29-12-8-27(4-2)9-13-29/h8-9,12-13,24-26,28,30-34H,3-7,10-11,14-23H2,1-2H3;8-9,12-13,22,24-26,28,30-33H,3-7,10-11,14-21,23H2,1-2H3. The van der Waals surface area contributed by atoms with Gasteiger partial charge in [0.05, 0.1) is 0 Å². The summed E-state index contributed by atoms with van der Waals surface area (Å²) in [4.78, 5) is 0. The molecule has 2 heteroatoms. The number of allylic oxidation sites excluding steroid dienone is 2. The smallest absolute Gasteiger partial charge is 0.130 e. The van der Waals surface area contributed by atoms with Crippen molar-refractivity contribution in [1.82, 2.24) is 0 Å². The Labute approximate surface area is 463 Å². The average Bonchev–Trinajstić information content (AvgIpc) is 3.48. The molecule has 1 unspecified atom stereocenters. The van der Waals surface area contributed by atoms with Crippen LogP contribution in [-0.4, -0.2) is 0 Å². The minimum Gasteiger partial charge on any atom is -0.207 e. The van der Waals surface area contributed by atoms with Gasteiger partial charge in [0.25, 0.3) is 0 Å². The highest BCUT2D eigenvalue weighted by Gasteiger charge is 2.34. The van der Waals surface area contributed by atoms with Crippen molar-refractivity contribution in [3.63, 3.8) is 0 Å². The zero-order valence-corrected chi connectivity index (χ0v) is 48.6. The number of aryl methyl sites for hydroxylation is 2. The summed E-state index contributed by atoms with van der Waals surface area (Å²) >= 11 is 0. The van der Waals surface area contributed by atoms with Crippen molar-refractivity contribution >= 4 is 5.57 Å². The van der Waals surface area contributed by atoms with Gasteiger partial charge in [-0.05, 0) is 282 Å². The fourth-order valence-electron chi connectivity index (χ4n) is 16.4. The molecule has 5 saturated carbocycles. The molecule has 5 fully saturated rings. The minimum absolute atomic E-state index is 0.0202. The lowest BCUT2D eigenvalue weighted by molar-refractivity contribution is 0.176. The first-order valence-corrected chi connectivity index (χ1v) is 32.7. The fraction of sp³-hybridized carbons (Fsp3) is 0.649. The summed E-state index contributed by atoms with van der Waals surface area (Å²) in [5, 5.41) is 0. The Bertz CT molecular complexity index is 2330. The van der Waals surface area contributed by atoms with Gasteiger partial charge in [-0.2, -0.15) is 0 Å². The van der Waals surface area contributed by atoms with Gasteiger partial charge >= 0.3 is 0 Å². The maximum Gasteiger partial charge on any atom is 0.130 e. The second-order valence-electron chi connectivity index (χ2n) is 26.2. The van der Waals surface area contributed by atoms with E-state index in [0.29, 0.717) is 17.8 Å². The van der Waals surface area contributed by atoms with Gasteiger partial charge in [-0.25, -0.2) is 8.78 Å². The molecule has 10 rings (SSSR count). The van der Waals surface area contributed by atoms with Crippen LogP contribution in [0.25, 0.3) is 5.57 Å². The van der Waals surface area contributed by atoms with Crippen LogP contribution in [0.2, 0.25) is 0 Å². The van der Waals surface area contributed by atoms with Crippen molar-refractivity contribution in [1.29, 1.82) is 0 Å². The summed E-state index contributed by atoms with van der Waals surface area (Å²) in [6.45, 7) is 9.05. The maximum absolute atomic E-state index is 15.4. The molecule has 0 aromatic heterocycles. The van der Waals surface area contributed by atoms with Gasteiger partial charge in [0.15, 0.2) is 0 Å². The molecule has 0 nitrogen and oxygen atoms in total. The molecule has 0 aliphatic heterocycles. The molecule has 0 spiro atoms. The van der Waals surface area contributed by atoms with Crippen molar-refractivity contribution in [3.05, 3.63) is 147 Å². The largest absolute Gasteiger partial charge is 0.207 e. The van der Waals surface area contributed by atoms with Crippen LogP contribution in [0.5, 0.6) is 0 Å². The molecule has 6 aliphatic carbocycles. The van der Waals surface area contributed by atoms with Crippen LogP contribution in [0.15, 0.2) is 91.0 Å². The summed E-state index contributed by atoms with van der Waals surface area (Å²) in [5.41, 5.74) is 11.7. The van der Waals surface area contributed by atoms with Gasteiger partial charge in [0.1, 0.15) is 11.6 Å². The van der Waals surface area contributed by atoms with Gasteiger partial charge in [-0.15, -0.1) is 0 Å². The van der Waals surface area contributed by atoms with E-state index in [1.54, 1.807) is 11.1 Å². The number of rotatable bonds is 18. The lowest BCUT2D eigenvalue weighted by atomic mass is 9.67. The van der Waals surface area contributed by atoms with E-state index >= 15 is 8.78 Å². The predicted molar refractivity (Wildman–Crippen MR) is 322 cm³/mol. The molecule has 0 heterocycles. The molecule has 0 saturated heterocycles. The maximum atomic E-state index is 15.4. The highest BCUT2D eigenvalue weighted by Crippen LogP contribution is 2.48. The normalized spacial score (nSPS) is 29.2. The molecule has 4 aromatic carbocycles. The number of unbranched alkanes of at least 4 members (excludes halogenated alkanes) is 4. The summed E-state index contributed by atoms with van der Waals surface area (Å²) < 4.78 is 30.7. The van der Waals surface area contributed by atoms with E-state index in [9.17, 15) is 0 Å². The van der Waals surface area contributed by atoms with Crippen molar-refractivity contribution in [2.45, 2.75) is 269 Å². The number of hydrogen-bond donors (Lipinski definition) is 0. The molecule has 0 N–H and O–H groups in total. The second kappa shape index (κ2) is 29.1. The van der Waals surface area contributed by atoms with E-state index in [2.05, 4.69) is 107 Å². The Morgan fingerprint density at radius 2 is 0.763 bits per heavy atom. The highest BCUT2D eigenvalue weighted by atomic mass is 19.1. The fourth-order valence-corrected chi connectivity index (χ4v) is 16.4. The van der Waals surface area contributed by atoms with E-state index < -0.39 is 0 Å². The first kappa shape index (κ1) is 57.2. The van der Waals surface area contributed by atoms with Crippen molar-refractivity contribution < 1.29 is 8.78 Å². The molecular weight excluding hydrogens is 927 g/mol. The van der Waals surface area contributed by atoms with Gasteiger partial charge in [-0.1, -0.05) is 158 Å². The number of benzene rings is 4. The van der Waals surface area contributed by atoms with Gasteiger partial charge in [-0.3, -0.25) is 0 Å². The Hall–Kier alpha value is -3.52. The number of hydrogen-bond acceptors (Lipinski definition) is 0. The quantitative estimate of drug-likeness (QED) is 0.0872. The average molecular weight is 1030 g/mol. The van der Waals surface area contributed by atoms with Crippen molar-refractivity contribution in [2.75, 3.05) is 0 Å². The van der Waals surface area contributed by atoms with Crippen LogP contribution in [-0.2, 0) is 12.8 Å². The molecular formula is C74H104F2. The Morgan fingerprint density at radius 3 is 1.17 bits per heavy atom. The Kier molecular flexibility index (Phi) is 21.9. The molecule has 6 aliphatic rings. The molecule has 0 bridgehead atoms. The third-order valence-electron chi connectivity index (χ3n) is 21.7. The molecule has 0 radical (unpaired) electrons. The minimum atomic E-state index is 0.0202. The van der Waals surface area contributed by atoms with Gasteiger partial charge in [0, 0.05) is 5.56 Å². The molecule has 0 amide bonds. The first-order valence-electron chi connectivity index (χ1n) is 32.7. The van der Waals surface area contributed by atoms with E-state index in [1.807, 2.05) is 12.1 Å². The predicted octanol–water partition coefficient (Wildman–Crippen LogP) is 22.9. The van der Waals surface area contributed by atoms with E-state index in [0.717, 1.165) is 84.2 Å². The molecule has 4 aromatic rings. The second-order valence-corrected chi connectivity index (χ2v) is 26.2. The summed E-state index contributed by atoms with van der Waals surface area (Å²) in [6, 6.07) is 31.5. The first-order chi connectivity index (χ1) is 37.3. The van der Waals surface area contributed by atoms with E-state index in [4.69, 9.17) is 0 Å². The Balaban J connectivity index is 0.000000186. The monoisotopic (exact) mass is 1030 g/mol. The zero-order valence-electron chi connectivity index (χ0n) is 48.6. The van der Waals surface area contributed by atoms with Crippen molar-refractivity contribution in [3.8, 4) is 0 Å². The van der Waals surface area contributed by atoms with Crippen LogP contribution in [0.1, 0.15) is 301 Å². The topological polar surface area (TPSA) is 0 Å². The van der Waals surface area contributed by atoms with Crippen LogP contribution in [0.4, 0.5) is 8.78 Å². The third kappa shape index (κ3) is 15.4. The third-order valence-corrected chi connectivity index (χ3v) is 21.7. The molecule has 76 heavy (non-hydrogen) atoms. The van der Waals surface area contributed by atoms with Crippen LogP contribution in [0, 0.1) is 47.1 Å². The SMILES string of the molecule is CCCCCC1CCC(c2ccc(C3=CCC(C4CCC(c5ccc(CC)cc5)CC4)CC3)c(F)c2)CC1.CCCCCC1CCC(c2ccc(C3CCC(C4CCC(c5ccc(CC)cc5)CC4)CC3)c(F)c2)CC1. The highest BCUT2D eigenvalue weighted by molar-refractivity contribution is 5.67.